The van der Waals surface area contributed by atoms with Gasteiger partial charge < -0.3 is 29.2 Å². The molecule has 0 aliphatic heterocycles. The summed E-state index contributed by atoms with van der Waals surface area (Å²) in [5.41, 5.74) is 0.563. The van der Waals surface area contributed by atoms with E-state index in [0.717, 1.165) is 0 Å². The van der Waals surface area contributed by atoms with Crippen molar-refractivity contribution >= 4 is 18.1 Å². The zero-order valence-electron chi connectivity index (χ0n) is 17.4. The second kappa shape index (κ2) is 10.7. The van der Waals surface area contributed by atoms with E-state index < -0.39 is 24.4 Å². The van der Waals surface area contributed by atoms with Crippen molar-refractivity contribution in [3.63, 3.8) is 0 Å². The van der Waals surface area contributed by atoms with Crippen molar-refractivity contribution in [1.82, 2.24) is 0 Å². The Labute approximate surface area is 184 Å². The van der Waals surface area contributed by atoms with Crippen molar-refractivity contribution in [2.75, 3.05) is 7.11 Å². The molecule has 170 valence electrons. The molecule has 1 aliphatic carbocycles. The maximum Gasteiger partial charge on any atom is 0.513 e. The van der Waals surface area contributed by atoms with Crippen molar-refractivity contribution in [3.05, 3.63) is 59.7 Å². The summed E-state index contributed by atoms with van der Waals surface area (Å²) < 4.78 is 20.0. The lowest BCUT2D eigenvalue weighted by Crippen LogP contribution is -2.30. The normalized spacial score (nSPS) is 18.0. The molecule has 2 aromatic carbocycles. The van der Waals surface area contributed by atoms with E-state index in [-0.39, 0.29) is 29.1 Å². The molecule has 32 heavy (non-hydrogen) atoms. The number of aliphatic hydroxyl groups excluding tert-OH is 1. The molecule has 0 radical (unpaired) electrons. The van der Waals surface area contributed by atoms with Gasteiger partial charge in [0.05, 0.1) is 18.2 Å². The minimum Gasteiger partial charge on any atom is -0.459 e. The summed E-state index contributed by atoms with van der Waals surface area (Å²) in [5.74, 6) is -0.823. The quantitative estimate of drug-likeness (QED) is 0.299. The molecule has 0 spiro atoms. The first-order valence-corrected chi connectivity index (χ1v) is 10.1. The average Bonchev–Trinajstić information content (AvgIpc) is 2.80. The summed E-state index contributed by atoms with van der Waals surface area (Å²) in [7, 11) is 1.19. The lowest BCUT2D eigenvalue weighted by Gasteiger charge is -2.29. The van der Waals surface area contributed by atoms with E-state index in [1.54, 1.807) is 0 Å². The van der Waals surface area contributed by atoms with Crippen molar-refractivity contribution < 1.29 is 43.5 Å². The highest BCUT2D eigenvalue weighted by Gasteiger charge is 2.27. The van der Waals surface area contributed by atoms with Crippen LogP contribution in [0.3, 0.4) is 0 Å². The third-order valence-corrected chi connectivity index (χ3v) is 5.17. The molecule has 0 heterocycles. The zero-order chi connectivity index (χ0) is 23.1. The molecule has 9 heteroatoms. The number of hydrogen-bond donors (Lipinski definition) is 2. The predicted octanol–water partition coefficient (Wildman–Crippen LogP) is 3.08. The lowest BCUT2D eigenvalue weighted by atomic mass is 9.87. The van der Waals surface area contributed by atoms with Gasteiger partial charge in [-0.15, -0.1) is 0 Å². The minimum absolute atomic E-state index is 0.185. The van der Waals surface area contributed by atoms with Crippen LogP contribution in [-0.2, 0) is 9.47 Å². The number of benzene rings is 2. The third kappa shape index (κ3) is 6.29. The summed E-state index contributed by atoms with van der Waals surface area (Å²) in [6.07, 6.45) is -0.147. The summed E-state index contributed by atoms with van der Waals surface area (Å²) in [4.78, 5) is 35.7. The SMILES string of the molecule is COC(=O)Oc1ccc(C(=O)Oc2ccc(C(=O)OC3CCC(C(O)O)CC3)cc2)cc1. The fourth-order valence-corrected chi connectivity index (χ4v) is 3.35. The van der Waals surface area contributed by atoms with Gasteiger partial charge in [0.25, 0.3) is 0 Å². The Morgan fingerprint density at radius 3 is 1.78 bits per heavy atom. The van der Waals surface area contributed by atoms with Crippen LogP contribution in [0.4, 0.5) is 4.79 Å². The molecule has 0 amide bonds. The van der Waals surface area contributed by atoms with E-state index in [1.165, 1.54) is 55.6 Å². The molecule has 0 bridgehead atoms. The van der Waals surface area contributed by atoms with E-state index in [1.807, 2.05) is 0 Å². The highest BCUT2D eigenvalue weighted by molar-refractivity contribution is 5.92. The van der Waals surface area contributed by atoms with Crippen LogP contribution in [0, 0.1) is 5.92 Å². The van der Waals surface area contributed by atoms with E-state index in [2.05, 4.69) is 4.74 Å². The van der Waals surface area contributed by atoms with Crippen molar-refractivity contribution in [2.45, 2.75) is 38.1 Å². The monoisotopic (exact) mass is 444 g/mol. The van der Waals surface area contributed by atoms with Crippen LogP contribution in [-0.4, -0.2) is 47.8 Å². The Hall–Kier alpha value is -3.43. The maximum absolute atomic E-state index is 12.3. The van der Waals surface area contributed by atoms with E-state index >= 15 is 0 Å². The van der Waals surface area contributed by atoms with Gasteiger partial charge in [0.2, 0.25) is 0 Å². The summed E-state index contributed by atoms with van der Waals surface area (Å²) in [5, 5.41) is 18.5. The van der Waals surface area contributed by atoms with E-state index in [9.17, 15) is 24.6 Å². The molecule has 2 aromatic rings. The fraction of sp³-hybridized carbons (Fsp3) is 0.348. The van der Waals surface area contributed by atoms with Crippen LogP contribution in [0.15, 0.2) is 48.5 Å². The Morgan fingerprint density at radius 2 is 1.28 bits per heavy atom. The molecule has 3 rings (SSSR count). The Kier molecular flexibility index (Phi) is 7.80. The number of carbonyl (C=O) groups is 3. The predicted molar refractivity (Wildman–Crippen MR) is 110 cm³/mol. The Morgan fingerprint density at radius 1 is 0.781 bits per heavy atom. The fourth-order valence-electron chi connectivity index (χ4n) is 3.35. The van der Waals surface area contributed by atoms with Gasteiger partial charge >= 0.3 is 18.1 Å². The van der Waals surface area contributed by atoms with E-state index in [4.69, 9.17) is 14.2 Å². The first kappa shape index (κ1) is 23.2. The highest BCUT2D eigenvalue weighted by atomic mass is 16.7. The Bertz CT molecular complexity index is 927. The van der Waals surface area contributed by atoms with Gasteiger partial charge in [-0.05, 0) is 74.2 Å². The maximum atomic E-state index is 12.3. The topological polar surface area (TPSA) is 129 Å². The number of rotatable bonds is 6. The summed E-state index contributed by atoms with van der Waals surface area (Å²) in [6.45, 7) is 0. The van der Waals surface area contributed by atoms with Gasteiger partial charge in [-0.3, -0.25) is 0 Å². The van der Waals surface area contributed by atoms with Gasteiger partial charge in [0.1, 0.15) is 17.6 Å². The first-order valence-electron chi connectivity index (χ1n) is 10.1. The second-order valence-electron chi connectivity index (χ2n) is 7.35. The van der Waals surface area contributed by atoms with Crippen LogP contribution >= 0.6 is 0 Å². The third-order valence-electron chi connectivity index (χ3n) is 5.17. The Balaban J connectivity index is 1.51. The van der Waals surface area contributed by atoms with Gasteiger partial charge in [-0.25, -0.2) is 14.4 Å². The first-order chi connectivity index (χ1) is 15.4. The van der Waals surface area contributed by atoms with Gasteiger partial charge in [0.15, 0.2) is 6.29 Å². The molecule has 0 aromatic heterocycles. The van der Waals surface area contributed by atoms with Crippen LogP contribution < -0.4 is 9.47 Å². The minimum atomic E-state index is -1.34. The van der Waals surface area contributed by atoms with E-state index in [0.29, 0.717) is 31.2 Å². The molecule has 9 nitrogen and oxygen atoms in total. The number of ether oxygens (including phenoxy) is 4. The van der Waals surface area contributed by atoms with Crippen LogP contribution in [0.1, 0.15) is 46.4 Å². The summed E-state index contributed by atoms with van der Waals surface area (Å²) in [6, 6.07) is 11.7. The second-order valence-corrected chi connectivity index (χ2v) is 7.35. The summed E-state index contributed by atoms with van der Waals surface area (Å²) >= 11 is 0. The van der Waals surface area contributed by atoms with Crippen LogP contribution in [0.2, 0.25) is 0 Å². The number of methoxy groups -OCH3 is 1. The molecule has 1 saturated carbocycles. The lowest BCUT2D eigenvalue weighted by molar-refractivity contribution is -0.101. The van der Waals surface area contributed by atoms with Gasteiger partial charge in [0, 0.05) is 5.92 Å². The van der Waals surface area contributed by atoms with Gasteiger partial charge in [-0.1, -0.05) is 0 Å². The smallest absolute Gasteiger partial charge is 0.459 e. The molecular weight excluding hydrogens is 420 g/mol. The van der Waals surface area contributed by atoms with Crippen LogP contribution in [0.5, 0.6) is 11.5 Å². The molecule has 1 aliphatic rings. The number of hydrogen-bond acceptors (Lipinski definition) is 9. The number of carbonyl (C=O) groups excluding carboxylic acids is 3. The molecule has 2 N–H and O–H groups in total. The standard InChI is InChI=1S/C23H24O9/c1-29-23(28)32-19-12-6-16(7-13-19)22(27)31-18-10-4-15(5-11-18)21(26)30-17-8-2-14(3-9-17)20(24)25/h4-7,10-14,17,20,24-25H,2-3,8-9H2,1H3. The largest absolute Gasteiger partial charge is 0.513 e. The zero-order valence-corrected chi connectivity index (χ0v) is 17.4. The van der Waals surface area contributed by atoms with Crippen molar-refractivity contribution in [1.29, 1.82) is 0 Å². The average molecular weight is 444 g/mol. The van der Waals surface area contributed by atoms with Gasteiger partial charge in [-0.2, -0.15) is 0 Å². The van der Waals surface area contributed by atoms with Crippen molar-refractivity contribution in [2.24, 2.45) is 5.92 Å². The molecule has 1 fully saturated rings. The molecule has 0 unspecified atom stereocenters. The molecular formula is C23H24O9. The number of esters is 2. The number of aliphatic hydroxyl groups is 2. The van der Waals surface area contributed by atoms with Crippen LogP contribution in [0.25, 0.3) is 0 Å². The molecule has 0 atom stereocenters. The van der Waals surface area contributed by atoms with Crippen molar-refractivity contribution in [3.8, 4) is 11.5 Å². The molecule has 0 saturated heterocycles. The highest BCUT2D eigenvalue weighted by Crippen LogP contribution is 2.28.